The summed E-state index contributed by atoms with van der Waals surface area (Å²) in [6, 6.07) is 14.2. The van der Waals surface area contributed by atoms with E-state index in [2.05, 4.69) is 64.4 Å². The van der Waals surface area contributed by atoms with Crippen molar-refractivity contribution in [3.05, 3.63) is 63.9 Å². The second kappa shape index (κ2) is 9.16. The Morgan fingerprint density at radius 2 is 1.81 bits per heavy atom. The first-order valence-electron chi connectivity index (χ1n) is 12.0. The topological polar surface area (TPSA) is 109 Å². The number of furan rings is 1. The van der Waals surface area contributed by atoms with E-state index in [-0.39, 0.29) is 11.3 Å². The van der Waals surface area contributed by atoms with Gasteiger partial charge in [0.05, 0.1) is 11.1 Å². The highest BCUT2D eigenvalue weighted by atomic mass is 16.3. The Bertz CT molecular complexity index is 1610. The first-order chi connectivity index (χ1) is 17.2. The molecule has 0 spiro atoms. The highest BCUT2D eigenvalue weighted by molar-refractivity contribution is 6.02. The molecule has 9 nitrogen and oxygen atoms in total. The predicted molar refractivity (Wildman–Crippen MR) is 145 cm³/mol. The molecular formula is C27H31N7O2. The van der Waals surface area contributed by atoms with Crippen molar-refractivity contribution in [2.75, 3.05) is 44.9 Å². The lowest BCUT2D eigenvalue weighted by atomic mass is 10.1. The fourth-order valence-corrected chi connectivity index (χ4v) is 4.60. The molecule has 5 aromatic rings. The maximum absolute atomic E-state index is 12.7. The van der Waals surface area contributed by atoms with Crippen molar-refractivity contribution in [1.29, 1.82) is 0 Å². The lowest BCUT2D eigenvalue weighted by Crippen LogP contribution is -2.23. The molecular weight excluding hydrogens is 454 g/mol. The number of benzene rings is 2. The molecule has 0 radical (unpaired) electrons. The number of nitrogen functional groups attached to an aromatic ring is 1. The molecule has 0 saturated carbocycles. The van der Waals surface area contributed by atoms with Gasteiger partial charge in [-0.3, -0.25) is 4.79 Å². The lowest BCUT2D eigenvalue weighted by Gasteiger charge is -2.21. The van der Waals surface area contributed by atoms with Crippen LogP contribution in [0.1, 0.15) is 17.5 Å². The Labute approximate surface area is 209 Å². The zero-order valence-corrected chi connectivity index (χ0v) is 21.3. The number of hydrogen-bond donors (Lipinski definition) is 2. The molecule has 3 heterocycles. The molecule has 186 valence electrons. The maximum Gasteiger partial charge on any atom is 0.292 e. The highest BCUT2D eigenvalue weighted by Crippen LogP contribution is 2.39. The van der Waals surface area contributed by atoms with Crippen molar-refractivity contribution in [2.45, 2.75) is 20.3 Å². The minimum atomic E-state index is -0.402. The van der Waals surface area contributed by atoms with Crippen molar-refractivity contribution in [3.8, 4) is 17.1 Å². The van der Waals surface area contributed by atoms with Gasteiger partial charge in [-0.2, -0.15) is 10.2 Å². The van der Waals surface area contributed by atoms with Crippen molar-refractivity contribution >= 4 is 33.4 Å². The van der Waals surface area contributed by atoms with Crippen LogP contribution in [0.2, 0.25) is 0 Å². The van der Waals surface area contributed by atoms with E-state index in [0.717, 1.165) is 53.0 Å². The summed E-state index contributed by atoms with van der Waals surface area (Å²) in [5.41, 5.74) is 11.4. The average Bonchev–Trinajstić information content (AvgIpc) is 3.40. The van der Waals surface area contributed by atoms with Crippen LogP contribution in [0.25, 0.3) is 39.0 Å². The zero-order valence-electron chi connectivity index (χ0n) is 21.3. The second-order valence-corrected chi connectivity index (χ2v) is 9.57. The molecule has 3 N–H and O–H groups in total. The Kier molecular flexibility index (Phi) is 6.01. The summed E-state index contributed by atoms with van der Waals surface area (Å²) in [4.78, 5) is 17.1. The lowest BCUT2D eigenvalue weighted by molar-refractivity contribution is 0.401. The number of anilines is 2. The number of hydrogen-bond acceptors (Lipinski definition) is 7. The summed E-state index contributed by atoms with van der Waals surface area (Å²) in [5.74, 6) is 0.807. The minimum Gasteiger partial charge on any atom is -0.454 e. The van der Waals surface area contributed by atoms with Crippen LogP contribution in [0.15, 0.2) is 51.7 Å². The molecule has 0 saturated heterocycles. The fourth-order valence-electron chi connectivity index (χ4n) is 4.60. The first-order valence-corrected chi connectivity index (χ1v) is 12.0. The molecule has 3 aromatic heterocycles. The molecule has 9 heteroatoms. The number of aromatic nitrogens is 4. The van der Waals surface area contributed by atoms with Crippen molar-refractivity contribution in [1.82, 2.24) is 24.9 Å². The monoisotopic (exact) mass is 485 g/mol. The van der Waals surface area contributed by atoms with Crippen LogP contribution in [0, 0.1) is 13.8 Å². The quantitative estimate of drug-likeness (QED) is 0.357. The van der Waals surface area contributed by atoms with Gasteiger partial charge in [-0.15, -0.1) is 0 Å². The number of aromatic amines is 1. The van der Waals surface area contributed by atoms with Crippen LogP contribution >= 0.6 is 0 Å². The van der Waals surface area contributed by atoms with Crippen LogP contribution in [0.4, 0.5) is 11.5 Å². The van der Waals surface area contributed by atoms with E-state index in [1.54, 1.807) is 4.68 Å². The minimum absolute atomic E-state index is 0.194. The Hall–Kier alpha value is -4.11. The van der Waals surface area contributed by atoms with Gasteiger partial charge in [0.1, 0.15) is 11.3 Å². The Morgan fingerprint density at radius 1 is 1.06 bits per heavy atom. The number of fused-ring (bicyclic) bond motifs is 2. The van der Waals surface area contributed by atoms with Gasteiger partial charge in [0.2, 0.25) is 0 Å². The Balaban J connectivity index is 1.64. The van der Waals surface area contributed by atoms with Crippen molar-refractivity contribution < 1.29 is 4.42 Å². The normalized spacial score (nSPS) is 11.7. The van der Waals surface area contributed by atoms with Gasteiger partial charge in [-0.25, -0.2) is 9.78 Å². The third-order valence-electron chi connectivity index (χ3n) is 6.58. The molecule has 0 aliphatic heterocycles. The largest absolute Gasteiger partial charge is 0.454 e. The molecule has 0 aliphatic rings. The SMILES string of the molecule is Cc1ccc2oc(-c3c4c(N)n[nH]c(=O)c4nn3-c3ccc(N(C)CCCN(C)C)cc3)c(C)c2c1. The fraction of sp³-hybridized carbons (Fsp3) is 0.296. The van der Waals surface area contributed by atoms with Crippen LogP contribution < -0.4 is 16.2 Å². The van der Waals surface area contributed by atoms with Gasteiger partial charge >= 0.3 is 0 Å². The van der Waals surface area contributed by atoms with Gasteiger partial charge in [0, 0.05) is 30.2 Å². The number of H-pyrrole nitrogens is 1. The van der Waals surface area contributed by atoms with Gasteiger partial charge in [0.25, 0.3) is 5.56 Å². The first kappa shape index (κ1) is 23.6. The predicted octanol–water partition coefficient (Wildman–Crippen LogP) is 4.11. The van der Waals surface area contributed by atoms with Crippen molar-refractivity contribution in [3.63, 3.8) is 0 Å². The zero-order chi connectivity index (χ0) is 25.6. The number of aryl methyl sites for hydroxylation is 2. The summed E-state index contributed by atoms with van der Waals surface area (Å²) in [6.45, 7) is 6.04. The summed E-state index contributed by atoms with van der Waals surface area (Å²) >= 11 is 0. The molecule has 36 heavy (non-hydrogen) atoms. The molecule has 0 unspecified atom stereocenters. The molecule has 5 rings (SSSR count). The van der Waals surface area contributed by atoms with E-state index >= 15 is 0 Å². The van der Waals surface area contributed by atoms with Gasteiger partial charge in [0.15, 0.2) is 17.1 Å². The standard InChI is InChI=1S/C27H31N7O2/c1-16-7-12-21-20(15-16)17(2)25(36-21)24-22-23(27(35)30-29-26(22)28)31-34(24)19-10-8-18(9-11-19)33(5)14-6-13-32(3)4/h7-12,15H,6,13-14H2,1-5H3,(H2,28,29)(H,30,35). The molecule has 0 aliphatic carbocycles. The van der Waals surface area contributed by atoms with E-state index in [9.17, 15) is 4.79 Å². The summed E-state index contributed by atoms with van der Waals surface area (Å²) in [6.07, 6.45) is 1.07. The smallest absolute Gasteiger partial charge is 0.292 e. The van der Waals surface area contributed by atoms with Crippen LogP contribution in [-0.4, -0.2) is 59.1 Å². The van der Waals surface area contributed by atoms with E-state index in [1.807, 2.05) is 38.1 Å². The molecule has 0 amide bonds. The summed E-state index contributed by atoms with van der Waals surface area (Å²) < 4.78 is 8.05. The van der Waals surface area contributed by atoms with Crippen LogP contribution in [0.5, 0.6) is 0 Å². The molecule has 0 bridgehead atoms. The van der Waals surface area contributed by atoms with Gasteiger partial charge in [-0.1, -0.05) is 11.6 Å². The summed E-state index contributed by atoms with van der Waals surface area (Å²) in [7, 11) is 6.25. The third-order valence-corrected chi connectivity index (χ3v) is 6.58. The number of nitrogens with one attached hydrogen (secondary N) is 1. The third kappa shape index (κ3) is 4.11. The molecule has 0 fully saturated rings. The second-order valence-electron chi connectivity index (χ2n) is 9.57. The van der Waals surface area contributed by atoms with E-state index in [4.69, 9.17) is 10.2 Å². The van der Waals surface area contributed by atoms with Crippen LogP contribution in [0.3, 0.4) is 0 Å². The number of rotatable bonds is 7. The maximum atomic E-state index is 12.7. The number of nitrogens with two attached hydrogens (primary N) is 1. The van der Waals surface area contributed by atoms with E-state index in [1.165, 1.54) is 0 Å². The average molecular weight is 486 g/mol. The van der Waals surface area contributed by atoms with Crippen LogP contribution in [-0.2, 0) is 0 Å². The van der Waals surface area contributed by atoms with E-state index in [0.29, 0.717) is 16.8 Å². The number of nitrogens with zero attached hydrogens (tertiary/aromatic N) is 5. The highest BCUT2D eigenvalue weighted by Gasteiger charge is 2.25. The van der Waals surface area contributed by atoms with Crippen molar-refractivity contribution in [2.24, 2.45) is 0 Å². The van der Waals surface area contributed by atoms with E-state index < -0.39 is 5.56 Å². The summed E-state index contributed by atoms with van der Waals surface area (Å²) in [5, 5.41) is 12.6. The Morgan fingerprint density at radius 3 is 2.53 bits per heavy atom. The van der Waals surface area contributed by atoms with Gasteiger partial charge < -0.3 is 20.0 Å². The van der Waals surface area contributed by atoms with Gasteiger partial charge in [-0.05, 0) is 77.3 Å². The molecule has 2 aromatic carbocycles. The molecule has 0 atom stereocenters.